The standard InChI is InChI=1S/C19H19N3O4S/c1-12-3-6-15(9-13(12)2)20-18(23)17-10-27-11-21(17)19(24)14-4-7-16(8-5-14)22(25)26/h3-9,17H,10-11H2,1-2H3,(H,20,23). The Balaban J connectivity index is 1.73. The van der Waals surface area contributed by atoms with Gasteiger partial charge in [-0.3, -0.25) is 19.7 Å². The van der Waals surface area contributed by atoms with E-state index in [0.717, 1.165) is 11.1 Å². The lowest BCUT2D eigenvalue weighted by Gasteiger charge is -2.23. The third-order valence-corrected chi connectivity index (χ3v) is 5.56. The van der Waals surface area contributed by atoms with E-state index >= 15 is 0 Å². The fraction of sp³-hybridized carbons (Fsp3) is 0.263. The number of benzene rings is 2. The monoisotopic (exact) mass is 385 g/mol. The van der Waals surface area contributed by atoms with Crippen molar-refractivity contribution in [3.05, 3.63) is 69.3 Å². The van der Waals surface area contributed by atoms with Crippen molar-refractivity contribution >= 4 is 35.0 Å². The maximum atomic E-state index is 12.8. The molecule has 0 aliphatic carbocycles. The number of nitrogens with one attached hydrogen (secondary N) is 1. The zero-order valence-corrected chi connectivity index (χ0v) is 15.8. The molecule has 1 aliphatic rings. The van der Waals surface area contributed by atoms with Gasteiger partial charge in [-0.2, -0.15) is 0 Å². The number of aryl methyl sites for hydroxylation is 2. The van der Waals surface area contributed by atoms with Crippen LogP contribution in [-0.4, -0.2) is 39.3 Å². The third-order valence-electron chi connectivity index (χ3n) is 4.55. The Kier molecular flexibility index (Phi) is 5.46. The lowest BCUT2D eigenvalue weighted by Crippen LogP contribution is -2.44. The first-order valence-corrected chi connectivity index (χ1v) is 9.53. The van der Waals surface area contributed by atoms with E-state index < -0.39 is 11.0 Å². The lowest BCUT2D eigenvalue weighted by molar-refractivity contribution is -0.384. The zero-order valence-electron chi connectivity index (χ0n) is 15.0. The molecule has 0 bridgehead atoms. The van der Waals surface area contributed by atoms with Crippen molar-refractivity contribution in [2.75, 3.05) is 16.9 Å². The van der Waals surface area contributed by atoms with Crippen LogP contribution in [-0.2, 0) is 4.79 Å². The molecule has 1 fully saturated rings. The minimum atomic E-state index is -0.584. The van der Waals surface area contributed by atoms with Gasteiger partial charge < -0.3 is 10.2 Å². The molecule has 7 nitrogen and oxygen atoms in total. The van der Waals surface area contributed by atoms with E-state index in [9.17, 15) is 19.7 Å². The minimum absolute atomic E-state index is 0.0774. The second-order valence-electron chi connectivity index (χ2n) is 6.38. The molecule has 2 aromatic carbocycles. The number of thioether (sulfide) groups is 1. The Labute approximate surface area is 160 Å². The highest BCUT2D eigenvalue weighted by atomic mass is 32.2. The van der Waals surface area contributed by atoms with Crippen molar-refractivity contribution in [2.45, 2.75) is 19.9 Å². The molecule has 1 aliphatic heterocycles. The number of rotatable bonds is 4. The van der Waals surface area contributed by atoms with Crippen LogP contribution < -0.4 is 5.32 Å². The average Bonchev–Trinajstić information content (AvgIpc) is 3.14. The molecule has 0 spiro atoms. The highest BCUT2D eigenvalue weighted by molar-refractivity contribution is 7.99. The van der Waals surface area contributed by atoms with Crippen LogP contribution in [0.2, 0.25) is 0 Å². The number of nitro groups is 1. The molecule has 1 N–H and O–H groups in total. The van der Waals surface area contributed by atoms with Gasteiger partial charge in [-0.1, -0.05) is 6.07 Å². The summed E-state index contributed by atoms with van der Waals surface area (Å²) in [5.74, 6) is 0.365. The molecule has 1 unspecified atom stereocenters. The van der Waals surface area contributed by atoms with Gasteiger partial charge in [0.05, 0.1) is 10.8 Å². The van der Waals surface area contributed by atoms with Gasteiger partial charge in [0.25, 0.3) is 11.6 Å². The molecular weight excluding hydrogens is 366 g/mol. The molecule has 0 saturated carbocycles. The summed E-state index contributed by atoms with van der Waals surface area (Å²) in [6, 6.07) is 10.5. The summed E-state index contributed by atoms with van der Waals surface area (Å²) in [6.07, 6.45) is 0. The van der Waals surface area contributed by atoms with E-state index in [4.69, 9.17) is 0 Å². The van der Waals surface area contributed by atoms with Crippen LogP contribution in [0.25, 0.3) is 0 Å². The molecule has 0 radical (unpaired) electrons. The predicted molar refractivity (Wildman–Crippen MR) is 105 cm³/mol. The number of nitro benzene ring substituents is 1. The van der Waals surface area contributed by atoms with E-state index in [-0.39, 0.29) is 17.5 Å². The Morgan fingerprint density at radius 1 is 1.15 bits per heavy atom. The summed E-state index contributed by atoms with van der Waals surface area (Å²) in [7, 11) is 0. The van der Waals surface area contributed by atoms with Crippen LogP contribution in [0.1, 0.15) is 21.5 Å². The number of hydrogen-bond donors (Lipinski definition) is 1. The maximum absolute atomic E-state index is 12.8. The first-order chi connectivity index (χ1) is 12.9. The van der Waals surface area contributed by atoms with Gasteiger partial charge in [0.15, 0.2) is 0 Å². The van der Waals surface area contributed by atoms with Crippen molar-refractivity contribution < 1.29 is 14.5 Å². The molecule has 2 amide bonds. The van der Waals surface area contributed by atoms with Crippen molar-refractivity contribution in [3.8, 4) is 0 Å². The fourth-order valence-electron chi connectivity index (χ4n) is 2.80. The molecule has 1 atom stereocenters. The van der Waals surface area contributed by atoms with Crippen LogP contribution >= 0.6 is 11.8 Å². The maximum Gasteiger partial charge on any atom is 0.269 e. The van der Waals surface area contributed by atoms with Gasteiger partial charge in [0, 0.05) is 29.1 Å². The molecule has 27 heavy (non-hydrogen) atoms. The van der Waals surface area contributed by atoms with E-state index in [1.54, 1.807) is 0 Å². The smallest absolute Gasteiger partial charge is 0.269 e. The molecule has 8 heteroatoms. The highest BCUT2D eigenvalue weighted by Gasteiger charge is 2.35. The van der Waals surface area contributed by atoms with Crippen LogP contribution in [0.5, 0.6) is 0 Å². The van der Waals surface area contributed by atoms with Gasteiger partial charge in [0.2, 0.25) is 5.91 Å². The summed E-state index contributed by atoms with van der Waals surface area (Å²) in [5, 5.41) is 13.6. The molecule has 140 valence electrons. The zero-order chi connectivity index (χ0) is 19.6. The summed E-state index contributed by atoms with van der Waals surface area (Å²) >= 11 is 1.50. The topological polar surface area (TPSA) is 92.6 Å². The number of carbonyl (C=O) groups excluding carboxylic acids is 2. The van der Waals surface area contributed by atoms with Gasteiger partial charge in [-0.05, 0) is 49.2 Å². The third kappa shape index (κ3) is 4.11. The number of carbonyl (C=O) groups is 2. The van der Waals surface area contributed by atoms with Crippen LogP contribution in [0.3, 0.4) is 0 Å². The van der Waals surface area contributed by atoms with Crippen molar-refractivity contribution in [1.29, 1.82) is 0 Å². The second-order valence-corrected chi connectivity index (χ2v) is 7.38. The van der Waals surface area contributed by atoms with Crippen molar-refractivity contribution in [3.63, 3.8) is 0 Å². The van der Waals surface area contributed by atoms with E-state index in [2.05, 4.69) is 5.32 Å². The second kappa shape index (κ2) is 7.79. The summed E-state index contributed by atoms with van der Waals surface area (Å²) < 4.78 is 0. The number of amides is 2. The number of non-ortho nitro benzene ring substituents is 1. The van der Waals surface area contributed by atoms with Crippen LogP contribution in [0, 0.1) is 24.0 Å². The Bertz CT molecular complexity index is 898. The van der Waals surface area contributed by atoms with Gasteiger partial charge >= 0.3 is 0 Å². The summed E-state index contributed by atoms with van der Waals surface area (Å²) in [6.45, 7) is 3.97. The van der Waals surface area contributed by atoms with Gasteiger partial charge in [-0.25, -0.2) is 0 Å². The van der Waals surface area contributed by atoms with Crippen LogP contribution in [0.15, 0.2) is 42.5 Å². The molecular formula is C19H19N3O4S. The largest absolute Gasteiger partial charge is 0.324 e. The predicted octanol–water partition coefficient (Wildman–Crippen LogP) is 3.37. The number of nitrogens with zero attached hydrogens (tertiary/aromatic N) is 2. The van der Waals surface area contributed by atoms with Gasteiger partial charge in [0.1, 0.15) is 6.04 Å². The quantitative estimate of drug-likeness (QED) is 0.643. The highest BCUT2D eigenvalue weighted by Crippen LogP contribution is 2.25. The number of anilines is 1. The SMILES string of the molecule is Cc1ccc(NC(=O)C2CSCN2C(=O)c2ccc([N+](=O)[O-])cc2)cc1C. The molecule has 3 rings (SSSR count). The van der Waals surface area contributed by atoms with Crippen LogP contribution in [0.4, 0.5) is 11.4 Å². The first-order valence-electron chi connectivity index (χ1n) is 8.38. The summed E-state index contributed by atoms with van der Waals surface area (Å²) in [5.41, 5.74) is 3.16. The first kappa shape index (κ1) is 18.9. The Morgan fingerprint density at radius 3 is 2.48 bits per heavy atom. The number of hydrogen-bond acceptors (Lipinski definition) is 5. The van der Waals surface area contributed by atoms with Gasteiger partial charge in [-0.15, -0.1) is 11.8 Å². The summed E-state index contributed by atoms with van der Waals surface area (Å²) in [4.78, 5) is 37.2. The van der Waals surface area contributed by atoms with E-state index in [1.807, 2.05) is 32.0 Å². The minimum Gasteiger partial charge on any atom is -0.324 e. The fourth-order valence-corrected chi connectivity index (χ4v) is 3.95. The normalized spacial score (nSPS) is 16.2. The average molecular weight is 385 g/mol. The molecule has 2 aromatic rings. The lowest BCUT2D eigenvalue weighted by atomic mass is 10.1. The molecule has 1 heterocycles. The Hall–Kier alpha value is -2.87. The molecule has 0 aromatic heterocycles. The van der Waals surface area contributed by atoms with E-state index in [1.165, 1.54) is 40.9 Å². The van der Waals surface area contributed by atoms with Crippen molar-refractivity contribution in [1.82, 2.24) is 4.90 Å². The van der Waals surface area contributed by atoms with E-state index in [0.29, 0.717) is 22.9 Å². The molecule has 1 saturated heterocycles. The van der Waals surface area contributed by atoms with Crippen molar-refractivity contribution in [2.24, 2.45) is 0 Å². The Morgan fingerprint density at radius 2 is 1.85 bits per heavy atom.